The average molecular weight is 815 g/mol. The van der Waals surface area contributed by atoms with Crippen molar-refractivity contribution in [2.45, 2.75) is 95.0 Å². The van der Waals surface area contributed by atoms with Crippen LogP contribution in [0.15, 0.2) is 64.8 Å². The number of hydrogen-bond donors (Lipinski definition) is 4. The Morgan fingerprint density at radius 1 is 1.12 bits per heavy atom. The highest BCUT2D eigenvalue weighted by Crippen LogP contribution is 2.40. The molecule has 294 valence electrons. The van der Waals surface area contributed by atoms with Crippen LogP contribution in [0.5, 0.6) is 5.75 Å². The number of thiophene rings is 2. The Morgan fingerprint density at radius 3 is 2.71 bits per heavy atom. The molecule has 1 saturated carbocycles. The van der Waals surface area contributed by atoms with Crippen LogP contribution in [0, 0.1) is 0 Å². The number of carbonyl (C=O) groups excluding carboxylic acids is 1. The summed E-state index contributed by atoms with van der Waals surface area (Å²) in [5.74, 6) is -0.403. The Hall–Kier alpha value is -4.11. The van der Waals surface area contributed by atoms with E-state index in [-0.39, 0.29) is 23.3 Å². The zero-order valence-corrected chi connectivity index (χ0v) is 34.0. The molecule has 4 N–H and O–H groups in total. The molecule has 0 unspecified atom stereocenters. The van der Waals surface area contributed by atoms with Gasteiger partial charge in [-0.05, 0) is 135 Å². The van der Waals surface area contributed by atoms with Gasteiger partial charge in [0, 0.05) is 37.1 Å². The molecule has 0 radical (unpaired) electrons. The lowest BCUT2D eigenvalue weighted by Crippen LogP contribution is -2.42. The van der Waals surface area contributed by atoms with Crippen molar-refractivity contribution in [1.82, 2.24) is 30.2 Å². The SMILES string of the molecule is C[C@@H](CNCc1cc2nnn(CCCN(C)[C@H]3CC[C@H](OC(=O)[C@](O)(c4cccs4)c4ccc(Cl)s4)CC3)c2c2c1CCC2)c1ccc(O)c2[nH]c(=O)ccc12. The highest BCUT2D eigenvalue weighted by molar-refractivity contribution is 7.16. The van der Waals surface area contributed by atoms with Crippen molar-refractivity contribution in [3.63, 3.8) is 0 Å². The van der Waals surface area contributed by atoms with Gasteiger partial charge in [-0.25, -0.2) is 9.48 Å². The number of pyridine rings is 1. The number of nitrogens with one attached hydrogen (secondary N) is 2. The normalized spacial score (nSPS) is 18.7. The summed E-state index contributed by atoms with van der Waals surface area (Å²) in [5, 5.41) is 37.6. The molecule has 4 heterocycles. The van der Waals surface area contributed by atoms with Gasteiger partial charge in [-0.3, -0.25) is 4.79 Å². The number of aryl methyl sites for hydroxylation is 2. The summed E-state index contributed by atoms with van der Waals surface area (Å²) >= 11 is 8.70. The van der Waals surface area contributed by atoms with Crippen LogP contribution in [0.3, 0.4) is 0 Å². The number of aromatic hydroxyl groups is 1. The molecule has 2 aliphatic carbocycles. The molecule has 2 aliphatic rings. The topological polar surface area (TPSA) is 146 Å². The van der Waals surface area contributed by atoms with Crippen molar-refractivity contribution in [2.24, 2.45) is 0 Å². The number of halogens is 1. The number of H-pyrrole nitrogens is 1. The van der Waals surface area contributed by atoms with E-state index in [0.717, 1.165) is 99.5 Å². The van der Waals surface area contributed by atoms with Gasteiger partial charge in [-0.1, -0.05) is 35.9 Å². The van der Waals surface area contributed by atoms with Crippen LogP contribution in [0.2, 0.25) is 4.34 Å². The van der Waals surface area contributed by atoms with Crippen LogP contribution in [-0.2, 0) is 41.1 Å². The third-order valence-corrected chi connectivity index (χ3v) is 14.0. The molecule has 2 atom stereocenters. The standard InChI is InChI=1S/C42H47ClN6O5S2/c1-25(29-13-15-34(50)39-31(29)14-18-38(51)45-39)23-44-24-26-22-33-40(32-7-3-6-30(26)32)49(47-46-33)20-5-19-48(2)27-9-11-28(12-10-27)54-41(52)42(53,35-8-4-21-55-35)36-16-17-37(43)56-36/h4,8,13-18,21-22,25,27-28,44,50,53H,3,5-7,9-12,19-20,23-24H2,1-2H3,(H,45,51)/t25-,27-,28-,42-/m0/s1. The van der Waals surface area contributed by atoms with Crippen molar-refractivity contribution < 1.29 is 19.7 Å². The Labute approximate surface area is 338 Å². The third kappa shape index (κ3) is 7.65. The predicted octanol–water partition coefficient (Wildman–Crippen LogP) is 7.25. The number of aliphatic hydroxyl groups is 1. The Balaban J connectivity index is 0.843. The zero-order chi connectivity index (χ0) is 39.0. The summed E-state index contributed by atoms with van der Waals surface area (Å²) < 4.78 is 8.59. The smallest absolute Gasteiger partial charge is 0.349 e. The molecule has 1 fully saturated rings. The number of esters is 1. The Bertz CT molecular complexity index is 2400. The molecule has 0 amide bonds. The van der Waals surface area contributed by atoms with Crippen LogP contribution < -0.4 is 10.9 Å². The first-order valence-electron chi connectivity index (χ1n) is 19.5. The maximum atomic E-state index is 13.5. The molecule has 2 aromatic carbocycles. The van der Waals surface area contributed by atoms with Crippen molar-refractivity contribution in [3.8, 4) is 5.75 Å². The first-order chi connectivity index (χ1) is 27.1. The van der Waals surface area contributed by atoms with Crippen LogP contribution in [0.4, 0.5) is 0 Å². The van der Waals surface area contributed by atoms with E-state index >= 15 is 0 Å². The highest BCUT2D eigenvalue weighted by Gasteiger charge is 2.45. The fourth-order valence-corrected chi connectivity index (χ4v) is 10.7. The number of hydrogen-bond acceptors (Lipinski definition) is 11. The molecule has 0 bridgehead atoms. The number of phenols is 1. The number of carbonyl (C=O) groups is 1. The number of phenolic OH excluding ortho intramolecular Hbond substituents is 1. The van der Waals surface area contributed by atoms with Gasteiger partial charge in [0.25, 0.3) is 0 Å². The highest BCUT2D eigenvalue weighted by atomic mass is 35.5. The quantitative estimate of drug-likeness (QED) is 0.0836. The van der Waals surface area contributed by atoms with Crippen LogP contribution in [0.1, 0.15) is 83.4 Å². The summed E-state index contributed by atoms with van der Waals surface area (Å²) in [5.41, 5.74) is 5.63. The fourth-order valence-electron chi connectivity index (χ4n) is 8.69. The van der Waals surface area contributed by atoms with Gasteiger partial charge < -0.3 is 30.2 Å². The van der Waals surface area contributed by atoms with Gasteiger partial charge in [0.2, 0.25) is 11.2 Å². The molecular weight excluding hydrogens is 768 g/mol. The largest absolute Gasteiger partial charge is 0.506 e. The minimum Gasteiger partial charge on any atom is -0.506 e. The maximum absolute atomic E-state index is 13.5. The lowest BCUT2D eigenvalue weighted by molar-refractivity contribution is -0.169. The van der Waals surface area contributed by atoms with Gasteiger partial charge in [-0.2, -0.15) is 0 Å². The third-order valence-electron chi connectivity index (χ3n) is 11.7. The molecule has 8 rings (SSSR count). The minimum absolute atomic E-state index is 0.0768. The van der Waals surface area contributed by atoms with Crippen LogP contribution in [-0.4, -0.2) is 73.3 Å². The molecule has 4 aromatic heterocycles. The van der Waals surface area contributed by atoms with Gasteiger partial charge in [0.15, 0.2) is 0 Å². The van der Waals surface area contributed by atoms with Gasteiger partial charge >= 0.3 is 5.97 Å². The predicted molar refractivity (Wildman–Crippen MR) is 222 cm³/mol. The molecule has 0 saturated heterocycles. The maximum Gasteiger partial charge on any atom is 0.349 e. The van der Waals surface area contributed by atoms with E-state index < -0.39 is 11.6 Å². The second kappa shape index (κ2) is 16.4. The summed E-state index contributed by atoms with van der Waals surface area (Å²) in [6.45, 7) is 5.33. The molecule has 6 aromatic rings. The van der Waals surface area contributed by atoms with Crippen LogP contribution in [0.25, 0.3) is 21.9 Å². The Kier molecular flexibility index (Phi) is 11.3. The zero-order valence-electron chi connectivity index (χ0n) is 31.6. The summed E-state index contributed by atoms with van der Waals surface area (Å²) in [6.07, 6.45) is 7.23. The monoisotopic (exact) mass is 814 g/mol. The number of aromatic nitrogens is 4. The van der Waals surface area contributed by atoms with E-state index in [1.807, 2.05) is 17.5 Å². The minimum atomic E-state index is -1.86. The van der Waals surface area contributed by atoms with Crippen LogP contribution >= 0.6 is 34.3 Å². The summed E-state index contributed by atoms with van der Waals surface area (Å²) in [7, 11) is 2.18. The van der Waals surface area contributed by atoms with E-state index in [4.69, 9.17) is 16.3 Å². The average Bonchev–Trinajstić information content (AvgIpc) is 4.03. The summed E-state index contributed by atoms with van der Waals surface area (Å²) in [6, 6.07) is 16.4. The van der Waals surface area contributed by atoms with E-state index in [9.17, 15) is 19.8 Å². The number of nitrogens with zero attached hydrogens (tertiary/aromatic N) is 4. The number of aromatic amines is 1. The van der Waals surface area contributed by atoms with E-state index in [2.05, 4.69) is 50.2 Å². The van der Waals surface area contributed by atoms with E-state index in [0.29, 0.717) is 25.6 Å². The van der Waals surface area contributed by atoms with Crippen molar-refractivity contribution in [3.05, 3.63) is 107 Å². The first-order valence-corrected chi connectivity index (χ1v) is 21.5. The number of benzene rings is 2. The Morgan fingerprint density at radius 2 is 1.95 bits per heavy atom. The number of fused-ring (bicyclic) bond motifs is 4. The second-order valence-electron chi connectivity index (χ2n) is 15.3. The fraction of sp³-hybridized carbons (Fsp3) is 0.429. The van der Waals surface area contributed by atoms with Crippen molar-refractivity contribution >= 4 is 62.2 Å². The van der Waals surface area contributed by atoms with E-state index in [1.165, 1.54) is 45.4 Å². The van der Waals surface area contributed by atoms with Gasteiger partial charge in [-0.15, -0.1) is 27.8 Å². The molecule has 0 spiro atoms. The molecule has 11 nitrogen and oxygen atoms in total. The second-order valence-corrected chi connectivity index (χ2v) is 18.0. The van der Waals surface area contributed by atoms with E-state index in [1.54, 1.807) is 30.3 Å². The molecule has 0 aliphatic heterocycles. The summed E-state index contributed by atoms with van der Waals surface area (Å²) in [4.78, 5) is 31.6. The molecule has 56 heavy (non-hydrogen) atoms. The number of ether oxygens (including phenoxy) is 1. The van der Waals surface area contributed by atoms with Gasteiger partial charge in [0.05, 0.1) is 25.1 Å². The number of rotatable bonds is 14. The van der Waals surface area contributed by atoms with Gasteiger partial charge in [0.1, 0.15) is 17.4 Å². The van der Waals surface area contributed by atoms with Crippen molar-refractivity contribution in [1.29, 1.82) is 0 Å². The van der Waals surface area contributed by atoms with Crippen molar-refractivity contribution in [2.75, 3.05) is 20.1 Å². The molecule has 14 heteroatoms. The lowest BCUT2D eigenvalue weighted by Gasteiger charge is -2.35. The molecular formula is C42H47ClN6O5S2. The first kappa shape index (κ1) is 38.7. The lowest BCUT2D eigenvalue weighted by atomic mass is 9.91.